The average molecular weight is 161 g/mol. The summed E-state index contributed by atoms with van der Waals surface area (Å²) in [5.74, 6) is 0. The number of aliphatic hydroxyl groups is 3. The number of rotatable bonds is 0. The summed E-state index contributed by atoms with van der Waals surface area (Å²) in [7, 11) is 1.81. The summed E-state index contributed by atoms with van der Waals surface area (Å²) in [4.78, 5) is 1.82. The van der Waals surface area contributed by atoms with E-state index < -0.39 is 18.3 Å². The monoisotopic (exact) mass is 161 g/mol. The van der Waals surface area contributed by atoms with E-state index in [4.69, 9.17) is 0 Å². The highest BCUT2D eigenvalue weighted by Crippen LogP contribution is 2.16. The van der Waals surface area contributed by atoms with Gasteiger partial charge in [0.1, 0.15) is 6.10 Å². The maximum Gasteiger partial charge on any atom is 0.108 e. The summed E-state index contributed by atoms with van der Waals surface area (Å²) in [5.41, 5.74) is 0. The second-order valence-corrected chi connectivity index (χ2v) is 3.23. The van der Waals surface area contributed by atoms with Crippen LogP contribution in [0.15, 0.2) is 0 Å². The van der Waals surface area contributed by atoms with E-state index in [9.17, 15) is 15.3 Å². The summed E-state index contributed by atoms with van der Waals surface area (Å²) >= 11 is 0. The molecule has 4 atom stereocenters. The van der Waals surface area contributed by atoms with Crippen LogP contribution in [0.1, 0.15) is 6.92 Å². The summed E-state index contributed by atoms with van der Waals surface area (Å²) in [6.45, 7) is 2.24. The molecule has 4 heteroatoms. The van der Waals surface area contributed by atoms with E-state index in [1.54, 1.807) is 0 Å². The second-order valence-electron chi connectivity index (χ2n) is 3.23. The summed E-state index contributed by atoms with van der Waals surface area (Å²) < 4.78 is 0. The Kier molecular flexibility index (Phi) is 2.49. The van der Waals surface area contributed by atoms with Crippen LogP contribution in [0.4, 0.5) is 0 Å². The van der Waals surface area contributed by atoms with Crippen LogP contribution >= 0.6 is 0 Å². The molecule has 66 valence electrons. The molecule has 0 spiro atoms. The van der Waals surface area contributed by atoms with Crippen molar-refractivity contribution in [2.75, 3.05) is 13.6 Å². The van der Waals surface area contributed by atoms with Gasteiger partial charge in [0.05, 0.1) is 12.2 Å². The molecule has 1 rings (SSSR count). The van der Waals surface area contributed by atoms with E-state index in [1.807, 2.05) is 18.9 Å². The van der Waals surface area contributed by atoms with Gasteiger partial charge in [0.25, 0.3) is 0 Å². The van der Waals surface area contributed by atoms with Crippen molar-refractivity contribution in [3.63, 3.8) is 0 Å². The molecule has 0 aromatic heterocycles. The summed E-state index contributed by atoms with van der Waals surface area (Å²) in [5, 5.41) is 27.7. The van der Waals surface area contributed by atoms with E-state index in [-0.39, 0.29) is 6.04 Å². The lowest BCUT2D eigenvalue weighted by Gasteiger charge is -2.40. The van der Waals surface area contributed by atoms with Gasteiger partial charge in [-0.3, -0.25) is 4.90 Å². The highest BCUT2D eigenvalue weighted by atomic mass is 16.4. The molecule has 0 aromatic rings. The Morgan fingerprint density at radius 3 is 2.27 bits per heavy atom. The van der Waals surface area contributed by atoms with Crippen molar-refractivity contribution < 1.29 is 15.3 Å². The third kappa shape index (κ3) is 1.54. The summed E-state index contributed by atoms with van der Waals surface area (Å²) in [6.07, 6.45) is -2.67. The maximum absolute atomic E-state index is 9.34. The van der Waals surface area contributed by atoms with E-state index in [0.717, 1.165) is 0 Å². The molecular formula is C7H15NO3. The molecular weight excluding hydrogens is 146 g/mol. The zero-order valence-electron chi connectivity index (χ0n) is 6.81. The Balaban J connectivity index is 2.63. The van der Waals surface area contributed by atoms with Crippen molar-refractivity contribution in [1.82, 2.24) is 4.90 Å². The predicted molar refractivity (Wildman–Crippen MR) is 40.1 cm³/mol. The largest absolute Gasteiger partial charge is 0.389 e. The third-order valence-corrected chi connectivity index (χ3v) is 2.41. The number of hydrogen-bond acceptors (Lipinski definition) is 4. The number of β-amino-alcohol motifs (C(OH)–C–C–N with tert-alkyl or cyclic N) is 1. The van der Waals surface area contributed by atoms with Crippen LogP contribution in [0.3, 0.4) is 0 Å². The molecule has 0 aromatic carbocycles. The van der Waals surface area contributed by atoms with Gasteiger partial charge >= 0.3 is 0 Å². The molecule has 1 fully saturated rings. The van der Waals surface area contributed by atoms with Gasteiger partial charge in [-0.15, -0.1) is 0 Å². The van der Waals surface area contributed by atoms with Crippen molar-refractivity contribution in [3.05, 3.63) is 0 Å². The SMILES string of the molecule is C[C@@H]1[C@@H](O)[C@H](O)[C@@H](O)CN1C. The van der Waals surface area contributed by atoms with Crippen molar-refractivity contribution in [2.24, 2.45) is 0 Å². The minimum Gasteiger partial charge on any atom is -0.389 e. The molecule has 0 unspecified atom stereocenters. The van der Waals surface area contributed by atoms with E-state index in [2.05, 4.69) is 0 Å². The first-order valence-corrected chi connectivity index (χ1v) is 3.78. The lowest BCUT2D eigenvalue weighted by molar-refractivity contribution is -0.127. The van der Waals surface area contributed by atoms with Gasteiger partial charge in [0.2, 0.25) is 0 Å². The van der Waals surface area contributed by atoms with E-state index in [1.165, 1.54) is 0 Å². The fraction of sp³-hybridized carbons (Fsp3) is 1.00. The number of nitrogens with zero attached hydrogens (tertiary/aromatic N) is 1. The van der Waals surface area contributed by atoms with Crippen LogP contribution in [0.25, 0.3) is 0 Å². The first-order chi connectivity index (χ1) is 5.04. The minimum absolute atomic E-state index is 0.0894. The minimum atomic E-state index is -0.999. The summed E-state index contributed by atoms with van der Waals surface area (Å²) in [6, 6.07) is -0.0894. The molecule has 0 saturated carbocycles. The van der Waals surface area contributed by atoms with Crippen LogP contribution in [-0.4, -0.2) is 58.2 Å². The van der Waals surface area contributed by atoms with Gasteiger partial charge in [-0.05, 0) is 14.0 Å². The highest BCUT2D eigenvalue weighted by molar-refractivity contribution is 4.90. The lowest BCUT2D eigenvalue weighted by Crippen LogP contribution is -2.58. The number of piperidine rings is 1. The zero-order chi connectivity index (χ0) is 8.59. The van der Waals surface area contributed by atoms with Crippen LogP contribution in [0.5, 0.6) is 0 Å². The molecule has 1 heterocycles. The Morgan fingerprint density at radius 1 is 1.18 bits per heavy atom. The Labute approximate surface area is 66.1 Å². The predicted octanol–water partition coefficient (Wildman–Crippen LogP) is -1.60. The molecule has 11 heavy (non-hydrogen) atoms. The zero-order valence-corrected chi connectivity index (χ0v) is 6.81. The number of hydrogen-bond donors (Lipinski definition) is 3. The Bertz CT molecular complexity index is 128. The molecule has 1 saturated heterocycles. The molecule has 0 radical (unpaired) electrons. The van der Waals surface area contributed by atoms with Crippen molar-refractivity contribution in [3.8, 4) is 0 Å². The molecule has 1 aliphatic heterocycles. The van der Waals surface area contributed by atoms with Gasteiger partial charge in [-0.2, -0.15) is 0 Å². The Hall–Kier alpha value is -0.160. The second kappa shape index (κ2) is 3.06. The average Bonchev–Trinajstić information content (AvgIpc) is 1.97. The molecule has 3 N–H and O–H groups in total. The van der Waals surface area contributed by atoms with Gasteiger partial charge in [-0.1, -0.05) is 0 Å². The number of aliphatic hydroxyl groups excluding tert-OH is 3. The van der Waals surface area contributed by atoms with Gasteiger partial charge in [-0.25, -0.2) is 0 Å². The first kappa shape index (κ1) is 8.93. The molecule has 0 bridgehead atoms. The highest BCUT2D eigenvalue weighted by Gasteiger charge is 2.36. The van der Waals surface area contributed by atoms with Crippen molar-refractivity contribution in [1.29, 1.82) is 0 Å². The third-order valence-electron chi connectivity index (χ3n) is 2.41. The van der Waals surface area contributed by atoms with Crippen LogP contribution in [0.2, 0.25) is 0 Å². The Morgan fingerprint density at radius 2 is 1.73 bits per heavy atom. The van der Waals surface area contributed by atoms with Crippen LogP contribution < -0.4 is 0 Å². The van der Waals surface area contributed by atoms with Crippen LogP contribution in [0, 0.1) is 0 Å². The first-order valence-electron chi connectivity index (χ1n) is 3.78. The quantitative estimate of drug-likeness (QED) is 0.400. The van der Waals surface area contributed by atoms with Gasteiger partial charge in [0, 0.05) is 12.6 Å². The van der Waals surface area contributed by atoms with E-state index in [0.29, 0.717) is 6.54 Å². The molecule has 0 amide bonds. The van der Waals surface area contributed by atoms with Crippen molar-refractivity contribution in [2.45, 2.75) is 31.3 Å². The molecule has 0 aliphatic carbocycles. The smallest absolute Gasteiger partial charge is 0.108 e. The van der Waals surface area contributed by atoms with E-state index >= 15 is 0 Å². The van der Waals surface area contributed by atoms with Crippen molar-refractivity contribution >= 4 is 0 Å². The fourth-order valence-corrected chi connectivity index (χ4v) is 1.34. The van der Waals surface area contributed by atoms with Gasteiger partial charge < -0.3 is 15.3 Å². The lowest BCUT2D eigenvalue weighted by atomic mass is 9.96. The van der Waals surface area contributed by atoms with Gasteiger partial charge in [0.15, 0.2) is 0 Å². The number of likely N-dealkylation sites (tertiary alicyclic amines) is 1. The number of likely N-dealkylation sites (N-methyl/N-ethyl adjacent to an activating group) is 1. The van der Waals surface area contributed by atoms with Crippen LogP contribution in [-0.2, 0) is 0 Å². The maximum atomic E-state index is 9.34. The topological polar surface area (TPSA) is 63.9 Å². The molecule has 1 aliphatic rings. The standard InChI is InChI=1S/C7H15NO3/c1-4-6(10)7(11)5(9)3-8(4)2/h4-7,9-11H,3H2,1-2H3/t4-,5+,6-,7-/m1/s1. The molecule has 4 nitrogen and oxygen atoms in total. The normalized spacial score (nSPS) is 47.7. The fourth-order valence-electron chi connectivity index (χ4n) is 1.34.